The number of hydrogen-bond acceptors (Lipinski definition) is 9. The molecule has 9 nitrogen and oxygen atoms in total. The van der Waals surface area contributed by atoms with Gasteiger partial charge in [-0.2, -0.15) is 5.10 Å². The van der Waals surface area contributed by atoms with E-state index in [1.54, 1.807) is 26.4 Å². The number of ether oxygens (including phenoxy) is 2. The number of fused-ring (bicyclic) bond motifs is 2. The highest BCUT2D eigenvalue weighted by molar-refractivity contribution is 7.20. The Kier molecular flexibility index (Phi) is 6.16. The van der Waals surface area contributed by atoms with Gasteiger partial charge in [-0.15, -0.1) is 0 Å². The minimum absolute atomic E-state index is 0.0113. The van der Waals surface area contributed by atoms with Crippen LogP contribution in [0.3, 0.4) is 0 Å². The van der Waals surface area contributed by atoms with Crippen LogP contribution in [-0.4, -0.2) is 59.3 Å². The van der Waals surface area contributed by atoms with E-state index in [-0.39, 0.29) is 11.3 Å². The molecule has 2 aromatic heterocycles. The van der Waals surface area contributed by atoms with E-state index in [1.807, 2.05) is 12.1 Å². The second-order valence-electron chi connectivity index (χ2n) is 8.97. The Morgan fingerprint density at radius 2 is 1.94 bits per heavy atom. The Bertz CT molecular complexity index is 1380. The van der Waals surface area contributed by atoms with Gasteiger partial charge in [0.25, 0.3) is 5.19 Å². The molecule has 0 spiro atoms. The Labute approximate surface area is 206 Å². The normalized spacial score (nSPS) is 19.3. The van der Waals surface area contributed by atoms with Crippen LogP contribution in [0.25, 0.3) is 21.1 Å². The molecule has 1 aliphatic heterocycles. The molecule has 0 amide bonds. The SMILES string of the molecule is COc1nc2c(C(O)Nc3cc4cn(C)nc4c(F)c3OC)ccc(N3C[C@H](C)N[C@@H](C)C3)c2s1. The quantitative estimate of drug-likeness (QED) is 0.346. The fourth-order valence-electron chi connectivity index (χ4n) is 4.84. The zero-order chi connectivity index (χ0) is 24.9. The lowest BCUT2D eigenvalue weighted by Crippen LogP contribution is -2.54. The molecule has 3 heterocycles. The van der Waals surface area contributed by atoms with Gasteiger partial charge < -0.3 is 30.1 Å². The lowest BCUT2D eigenvalue weighted by molar-refractivity contribution is 0.209. The maximum absolute atomic E-state index is 15.1. The fraction of sp³-hybridized carbons (Fsp3) is 0.417. The highest BCUT2D eigenvalue weighted by Crippen LogP contribution is 2.41. The van der Waals surface area contributed by atoms with Crippen molar-refractivity contribution in [2.24, 2.45) is 7.05 Å². The van der Waals surface area contributed by atoms with E-state index in [2.05, 4.69) is 39.5 Å². The molecule has 1 aliphatic rings. The minimum atomic E-state index is -1.17. The van der Waals surface area contributed by atoms with E-state index in [1.165, 1.54) is 23.1 Å². The number of aliphatic hydroxyl groups excluding tert-OH is 1. The Hall–Kier alpha value is -3.15. The molecule has 186 valence electrons. The van der Waals surface area contributed by atoms with Crippen molar-refractivity contribution >= 4 is 43.8 Å². The van der Waals surface area contributed by atoms with Crippen LogP contribution in [0.4, 0.5) is 15.8 Å². The Morgan fingerprint density at radius 1 is 1.20 bits per heavy atom. The van der Waals surface area contributed by atoms with Gasteiger partial charge in [0.15, 0.2) is 17.8 Å². The van der Waals surface area contributed by atoms with Gasteiger partial charge in [-0.05, 0) is 26.0 Å². The summed E-state index contributed by atoms with van der Waals surface area (Å²) in [5.74, 6) is -0.596. The van der Waals surface area contributed by atoms with Gasteiger partial charge in [0.05, 0.1) is 35.8 Å². The zero-order valence-corrected chi connectivity index (χ0v) is 21.1. The average Bonchev–Trinajstić information content (AvgIpc) is 3.41. The van der Waals surface area contributed by atoms with E-state index in [0.717, 1.165) is 23.5 Å². The first-order chi connectivity index (χ1) is 16.8. The number of rotatable bonds is 6. The number of thiazole rings is 1. The van der Waals surface area contributed by atoms with Gasteiger partial charge in [0.2, 0.25) is 0 Å². The van der Waals surface area contributed by atoms with Crippen LogP contribution in [0.15, 0.2) is 24.4 Å². The molecule has 2 aromatic carbocycles. The molecule has 1 saturated heterocycles. The third-order valence-corrected chi connectivity index (χ3v) is 7.25. The molecule has 3 atom stereocenters. The van der Waals surface area contributed by atoms with Gasteiger partial charge >= 0.3 is 0 Å². The number of nitrogens with zero attached hydrogens (tertiary/aromatic N) is 4. The molecule has 4 aromatic rings. The summed E-state index contributed by atoms with van der Waals surface area (Å²) >= 11 is 1.44. The van der Waals surface area contributed by atoms with Crippen LogP contribution in [0.1, 0.15) is 25.6 Å². The van der Waals surface area contributed by atoms with Crippen LogP contribution in [0, 0.1) is 5.82 Å². The number of piperazine rings is 1. The first kappa shape index (κ1) is 23.6. The maximum Gasteiger partial charge on any atom is 0.274 e. The maximum atomic E-state index is 15.1. The van der Waals surface area contributed by atoms with E-state index < -0.39 is 12.0 Å². The van der Waals surface area contributed by atoms with Crippen molar-refractivity contribution in [2.75, 3.05) is 37.5 Å². The molecule has 3 N–H and O–H groups in total. The van der Waals surface area contributed by atoms with Crippen molar-refractivity contribution in [2.45, 2.75) is 32.2 Å². The molecule has 0 radical (unpaired) electrons. The fourth-order valence-corrected chi connectivity index (χ4v) is 5.79. The molecule has 0 aliphatic carbocycles. The lowest BCUT2D eigenvalue weighted by atomic mass is 10.1. The van der Waals surface area contributed by atoms with Crippen molar-refractivity contribution in [3.8, 4) is 10.9 Å². The predicted molar refractivity (Wildman–Crippen MR) is 136 cm³/mol. The van der Waals surface area contributed by atoms with Crippen LogP contribution < -0.4 is 25.0 Å². The number of anilines is 2. The van der Waals surface area contributed by atoms with Crippen molar-refractivity contribution < 1.29 is 19.0 Å². The molecule has 0 saturated carbocycles. The highest BCUT2D eigenvalue weighted by atomic mass is 32.1. The van der Waals surface area contributed by atoms with Gasteiger partial charge in [-0.25, -0.2) is 9.37 Å². The van der Waals surface area contributed by atoms with Crippen LogP contribution in [0.2, 0.25) is 0 Å². The second-order valence-corrected chi connectivity index (χ2v) is 9.93. The van der Waals surface area contributed by atoms with Crippen molar-refractivity contribution in [3.05, 3.63) is 35.8 Å². The number of aryl methyl sites for hydroxylation is 1. The predicted octanol–water partition coefficient (Wildman–Crippen LogP) is 3.63. The summed E-state index contributed by atoms with van der Waals surface area (Å²) in [6.07, 6.45) is 0.546. The first-order valence-electron chi connectivity index (χ1n) is 11.4. The number of aliphatic hydroxyl groups is 1. The first-order valence-corrected chi connectivity index (χ1v) is 12.2. The van der Waals surface area contributed by atoms with Crippen molar-refractivity contribution in [1.82, 2.24) is 20.1 Å². The minimum Gasteiger partial charge on any atom is -0.492 e. The molecule has 5 rings (SSSR count). The molecule has 35 heavy (non-hydrogen) atoms. The summed E-state index contributed by atoms with van der Waals surface area (Å²) in [5.41, 5.74) is 2.79. The second kappa shape index (κ2) is 9.14. The van der Waals surface area contributed by atoms with E-state index in [4.69, 9.17) is 9.47 Å². The van der Waals surface area contributed by atoms with Gasteiger partial charge in [0, 0.05) is 49.4 Å². The molecule has 1 fully saturated rings. The van der Waals surface area contributed by atoms with Crippen LogP contribution in [-0.2, 0) is 7.05 Å². The largest absolute Gasteiger partial charge is 0.492 e. The number of aromatic nitrogens is 3. The monoisotopic (exact) mass is 500 g/mol. The van der Waals surface area contributed by atoms with Gasteiger partial charge in [-0.1, -0.05) is 17.4 Å². The van der Waals surface area contributed by atoms with E-state index in [9.17, 15) is 5.11 Å². The Balaban J connectivity index is 1.54. The summed E-state index contributed by atoms with van der Waals surface area (Å²) in [7, 11) is 4.69. The number of benzene rings is 2. The van der Waals surface area contributed by atoms with Crippen LogP contribution in [0.5, 0.6) is 10.9 Å². The summed E-state index contributed by atoms with van der Waals surface area (Å²) < 4.78 is 28.3. The topological polar surface area (TPSA) is 96.7 Å². The standard InChI is InChI=1S/C24H29FN6O3S/c1-12-9-31(10-13(2)26-12)17-7-6-15(20-22(17)35-24(28-20)34-5)23(32)27-16-8-14-11-30(3)29-19(14)18(25)21(16)33-4/h6-8,11-13,23,26-27,32H,9-10H2,1-5H3/t12-,13-,23?/m0/s1. The smallest absolute Gasteiger partial charge is 0.274 e. The van der Waals surface area contributed by atoms with E-state index >= 15 is 4.39 Å². The number of halogens is 1. The van der Waals surface area contributed by atoms with Crippen LogP contribution >= 0.6 is 11.3 Å². The molecular weight excluding hydrogens is 471 g/mol. The van der Waals surface area contributed by atoms with Crippen molar-refractivity contribution in [3.63, 3.8) is 0 Å². The third kappa shape index (κ3) is 4.24. The lowest BCUT2D eigenvalue weighted by Gasteiger charge is -2.38. The van der Waals surface area contributed by atoms with Gasteiger partial charge in [-0.3, -0.25) is 4.68 Å². The third-order valence-electron chi connectivity index (χ3n) is 6.21. The summed E-state index contributed by atoms with van der Waals surface area (Å²) in [4.78, 5) is 6.97. The molecule has 0 bridgehead atoms. The number of methoxy groups -OCH3 is 2. The average molecular weight is 501 g/mol. The van der Waals surface area contributed by atoms with E-state index in [0.29, 0.717) is 39.4 Å². The summed E-state index contributed by atoms with van der Waals surface area (Å²) in [5, 5.41) is 23.0. The molecule has 11 heteroatoms. The van der Waals surface area contributed by atoms with Crippen molar-refractivity contribution in [1.29, 1.82) is 0 Å². The van der Waals surface area contributed by atoms with Gasteiger partial charge in [0.1, 0.15) is 5.52 Å². The number of nitrogens with one attached hydrogen (secondary N) is 2. The zero-order valence-electron chi connectivity index (χ0n) is 20.3. The number of hydrogen-bond donors (Lipinski definition) is 3. The molecular formula is C24H29FN6O3S. The summed E-state index contributed by atoms with van der Waals surface area (Å²) in [6.45, 7) is 6.06. The molecule has 1 unspecified atom stereocenters. The summed E-state index contributed by atoms with van der Waals surface area (Å²) in [6, 6.07) is 6.27. The Morgan fingerprint density at radius 3 is 2.63 bits per heavy atom. The highest BCUT2D eigenvalue weighted by Gasteiger charge is 2.26.